The van der Waals surface area contributed by atoms with Gasteiger partial charge in [-0.3, -0.25) is 0 Å². The number of hydrogen-bond donors (Lipinski definition) is 1. The topological polar surface area (TPSA) is 48.1 Å². The molecule has 1 heterocycles. The zero-order chi connectivity index (χ0) is 10.7. The second-order valence-corrected chi connectivity index (χ2v) is 2.51. The van der Waals surface area contributed by atoms with Crippen LogP contribution in [0.3, 0.4) is 0 Å². The van der Waals surface area contributed by atoms with E-state index in [1.54, 1.807) is 0 Å². The largest absolute Gasteiger partial charge is 0.494 e. The second-order valence-electron chi connectivity index (χ2n) is 2.51. The van der Waals surface area contributed by atoms with Crippen LogP contribution in [0.2, 0.25) is 0 Å². The third-order valence-electron chi connectivity index (χ3n) is 1.65. The number of methoxy groups -OCH3 is 1. The van der Waals surface area contributed by atoms with Crippen molar-refractivity contribution in [3.63, 3.8) is 0 Å². The number of nitrogens with zero attached hydrogens (tertiary/aromatic N) is 1. The smallest absolute Gasteiger partial charge is 0.280 e. The van der Waals surface area contributed by atoms with Crippen LogP contribution in [0.1, 0.15) is 17.8 Å². The van der Waals surface area contributed by atoms with Crippen LogP contribution in [-0.4, -0.2) is 12.1 Å². The number of aromatic nitrogens is 1. The van der Waals surface area contributed by atoms with E-state index in [2.05, 4.69) is 9.72 Å². The fraction of sp³-hybridized carbons (Fsp3) is 0.375. The molecule has 78 valence electrons. The van der Waals surface area contributed by atoms with Gasteiger partial charge in [0.25, 0.3) is 6.43 Å². The average molecular weight is 206 g/mol. The lowest BCUT2D eigenvalue weighted by atomic mass is 10.2. The van der Waals surface area contributed by atoms with E-state index in [0.717, 1.165) is 6.07 Å². The fourth-order valence-electron chi connectivity index (χ4n) is 0.973. The molecule has 0 fully saturated rings. The molecule has 1 rings (SSSR count). The molecular weight excluding hydrogens is 197 g/mol. The summed E-state index contributed by atoms with van der Waals surface area (Å²) in [5.74, 6) is -1.06. The summed E-state index contributed by atoms with van der Waals surface area (Å²) in [4.78, 5) is 3.37. The summed E-state index contributed by atoms with van der Waals surface area (Å²) in [5, 5.41) is 0. The van der Waals surface area contributed by atoms with Crippen LogP contribution in [0.4, 0.5) is 13.2 Å². The maximum atomic E-state index is 13.2. The lowest BCUT2D eigenvalue weighted by Gasteiger charge is -2.08. The molecule has 0 radical (unpaired) electrons. The van der Waals surface area contributed by atoms with Gasteiger partial charge in [-0.05, 0) is 0 Å². The van der Waals surface area contributed by atoms with E-state index in [1.165, 1.54) is 7.11 Å². The van der Waals surface area contributed by atoms with Crippen molar-refractivity contribution in [3.05, 3.63) is 23.3 Å². The zero-order valence-corrected chi connectivity index (χ0v) is 7.43. The number of halogens is 3. The molecule has 0 atom stereocenters. The van der Waals surface area contributed by atoms with Crippen LogP contribution in [-0.2, 0) is 6.54 Å². The summed E-state index contributed by atoms with van der Waals surface area (Å²) in [7, 11) is 1.19. The second kappa shape index (κ2) is 4.28. The lowest BCUT2D eigenvalue weighted by molar-refractivity contribution is 0.145. The van der Waals surface area contributed by atoms with Gasteiger partial charge in [-0.1, -0.05) is 0 Å². The van der Waals surface area contributed by atoms with Crippen molar-refractivity contribution in [1.82, 2.24) is 4.98 Å². The Bertz CT molecular complexity index is 305. The Labute approximate surface area is 78.7 Å². The van der Waals surface area contributed by atoms with Crippen molar-refractivity contribution in [2.75, 3.05) is 7.11 Å². The van der Waals surface area contributed by atoms with Crippen molar-refractivity contribution in [1.29, 1.82) is 0 Å². The van der Waals surface area contributed by atoms with Gasteiger partial charge in [0.05, 0.1) is 12.8 Å². The quantitative estimate of drug-likeness (QED) is 0.817. The highest BCUT2D eigenvalue weighted by molar-refractivity contribution is 5.30. The van der Waals surface area contributed by atoms with Crippen molar-refractivity contribution in [3.8, 4) is 5.75 Å². The molecule has 14 heavy (non-hydrogen) atoms. The Morgan fingerprint density at radius 2 is 2.21 bits per heavy atom. The molecule has 0 unspecified atom stereocenters. The molecule has 6 heteroatoms. The van der Waals surface area contributed by atoms with Gasteiger partial charge < -0.3 is 10.5 Å². The Morgan fingerprint density at radius 1 is 1.57 bits per heavy atom. The minimum Gasteiger partial charge on any atom is -0.494 e. The van der Waals surface area contributed by atoms with E-state index in [0.29, 0.717) is 0 Å². The first kappa shape index (κ1) is 10.8. The molecule has 2 N–H and O–H groups in total. The summed E-state index contributed by atoms with van der Waals surface area (Å²) in [6, 6.07) is 0.860. The third-order valence-corrected chi connectivity index (χ3v) is 1.65. The first-order chi connectivity index (χ1) is 6.60. The monoisotopic (exact) mass is 206 g/mol. The van der Waals surface area contributed by atoms with E-state index in [-0.39, 0.29) is 18.0 Å². The summed E-state index contributed by atoms with van der Waals surface area (Å²) >= 11 is 0. The van der Waals surface area contributed by atoms with Crippen LogP contribution in [0.5, 0.6) is 5.75 Å². The summed E-state index contributed by atoms with van der Waals surface area (Å²) in [6.45, 7) is -0.247. The van der Waals surface area contributed by atoms with Gasteiger partial charge in [0.2, 0.25) is 0 Å². The standard InChI is InChI=1S/C8H9F3N2O/c1-14-6-2-4(8(10)11)13-5(3-12)7(6)9/h2,8H,3,12H2,1H3. The van der Waals surface area contributed by atoms with Gasteiger partial charge in [-0.15, -0.1) is 0 Å². The molecule has 0 aliphatic rings. The summed E-state index contributed by atoms with van der Waals surface area (Å²) in [6.07, 6.45) is -2.77. The molecule has 0 bridgehead atoms. The molecule has 0 aromatic carbocycles. The van der Waals surface area contributed by atoms with Crippen molar-refractivity contribution in [2.45, 2.75) is 13.0 Å². The van der Waals surface area contributed by atoms with E-state index < -0.39 is 17.9 Å². The maximum Gasteiger partial charge on any atom is 0.280 e. The average Bonchev–Trinajstić information content (AvgIpc) is 2.17. The Kier molecular flexibility index (Phi) is 3.29. The summed E-state index contributed by atoms with van der Waals surface area (Å²) in [5.41, 5.74) is 4.38. The maximum absolute atomic E-state index is 13.2. The third kappa shape index (κ3) is 1.95. The van der Waals surface area contributed by atoms with Gasteiger partial charge in [-0.25, -0.2) is 18.2 Å². The number of ether oxygens (including phenoxy) is 1. The van der Waals surface area contributed by atoms with Crippen LogP contribution in [0, 0.1) is 5.82 Å². The Balaban J connectivity index is 3.25. The van der Waals surface area contributed by atoms with Gasteiger partial charge >= 0.3 is 0 Å². The van der Waals surface area contributed by atoms with E-state index >= 15 is 0 Å². The number of pyridine rings is 1. The van der Waals surface area contributed by atoms with Crippen molar-refractivity contribution >= 4 is 0 Å². The highest BCUT2D eigenvalue weighted by atomic mass is 19.3. The minimum atomic E-state index is -2.77. The molecule has 3 nitrogen and oxygen atoms in total. The van der Waals surface area contributed by atoms with Gasteiger partial charge in [-0.2, -0.15) is 0 Å². The van der Waals surface area contributed by atoms with Crippen molar-refractivity contribution in [2.24, 2.45) is 5.73 Å². The van der Waals surface area contributed by atoms with Crippen LogP contribution >= 0.6 is 0 Å². The predicted octanol–water partition coefficient (Wildman–Crippen LogP) is 1.63. The molecule has 0 amide bonds. The molecule has 0 saturated carbocycles. The normalized spacial score (nSPS) is 10.7. The van der Waals surface area contributed by atoms with Crippen LogP contribution in [0.25, 0.3) is 0 Å². The number of alkyl halides is 2. The van der Waals surface area contributed by atoms with E-state index in [9.17, 15) is 13.2 Å². The van der Waals surface area contributed by atoms with Gasteiger partial charge in [0.15, 0.2) is 11.6 Å². The molecule has 1 aromatic heterocycles. The molecule has 1 aromatic rings. The van der Waals surface area contributed by atoms with E-state index in [1.807, 2.05) is 0 Å². The number of rotatable bonds is 3. The van der Waals surface area contributed by atoms with Crippen molar-refractivity contribution < 1.29 is 17.9 Å². The molecule has 0 aliphatic heterocycles. The Morgan fingerprint density at radius 3 is 2.64 bits per heavy atom. The molecule has 0 spiro atoms. The van der Waals surface area contributed by atoms with Gasteiger partial charge in [0, 0.05) is 12.6 Å². The first-order valence-corrected chi connectivity index (χ1v) is 3.81. The number of nitrogens with two attached hydrogens (primary N) is 1. The van der Waals surface area contributed by atoms with Gasteiger partial charge in [0.1, 0.15) is 5.69 Å². The lowest BCUT2D eigenvalue weighted by Crippen LogP contribution is -2.07. The minimum absolute atomic E-state index is 0.223. The summed E-state index contributed by atoms with van der Waals surface area (Å²) < 4.78 is 42.3. The Hall–Kier alpha value is -1.30. The molecule has 0 saturated heterocycles. The first-order valence-electron chi connectivity index (χ1n) is 3.81. The van der Waals surface area contributed by atoms with Crippen LogP contribution < -0.4 is 10.5 Å². The SMILES string of the molecule is COc1cc(C(F)F)nc(CN)c1F. The highest BCUT2D eigenvalue weighted by Crippen LogP contribution is 2.25. The molecule has 0 aliphatic carbocycles. The van der Waals surface area contributed by atoms with Crippen LogP contribution in [0.15, 0.2) is 6.07 Å². The number of hydrogen-bond acceptors (Lipinski definition) is 3. The zero-order valence-electron chi connectivity index (χ0n) is 7.43. The molecular formula is C8H9F3N2O. The fourth-order valence-corrected chi connectivity index (χ4v) is 0.973. The van der Waals surface area contributed by atoms with E-state index in [4.69, 9.17) is 5.73 Å². The predicted molar refractivity (Wildman–Crippen MR) is 43.6 cm³/mol. The highest BCUT2D eigenvalue weighted by Gasteiger charge is 2.17.